The monoisotopic (exact) mass is 382 g/mol. The van der Waals surface area contributed by atoms with Crippen LogP contribution in [0.1, 0.15) is 38.3 Å². The first kappa shape index (κ1) is 19.5. The molecule has 1 N–H and O–H groups in total. The molecule has 1 aliphatic rings. The summed E-state index contributed by atoms with van der Waals surface area (Å²) in [7, 11) is 0. The summed E-state index contributed by atoms with van der Waals surface area (Å²) in [5.41, 5.74) is 1.98. The molecule has 0 spiro atoms. The van der Waals surface area contributed by atoms with Crippen LogP contribution in [-0.2, 0) is 9.59 Å². The Morgan fingerprint density at radius 2 is 1.81 bits per heavy atom. The van der Waals surface area contributed by atoms with Gasteiger partial charge in [0.2, 0.25) is 11.8 Å². The molecule has 3 rings (SSSR count). The second kappa shape index (κ2) is 9.09. The minimum absolute atomic E-state index is 0.0599. The second-order valence-electron chi connectivity index (χ2n) is 7.00. The molecular formula is C22H26N2O2S. The van der Waals surface area contributed by atoms with Gasteiger partial charge in [-0.05, 0) is 43.2 Å². The Morgan fingerprint density at radius 1 is 1.11 bits per heavy atom. The molecule has 1 saturated heterocycles. The molecule has 1 heterocycles. The molecule has 1 aliphatic heterocycles. The van der Waals surface area contributed by atoms with E-state index in [1.54, 1.807) is 11.8 Å². The molecule has 2 atom stereocenters. The lowest BCUT2D eigenvalue weighted by Gasteiger charge is -2.20. The smallest absolute Gasteiger partial charge is 0.227 e. The number of hydrogen-bond acceptors (Lipinski definition) is 3. The third kappa shape index (κ3) is 5.13. The molecule has 2 aromatic carbocycles. The number of hydrogen-bond donors (Lipinski definition) is 1. The number of nitrogens with one attached hydrogen (secondary N) is 1. The molecule has 1 fully saturated rings. The number of amides is 2. The van der Waals surface area contributed by atoms with Crippen molar-refractivity contribution in [2.75, 3.05) is 17.2 Å². The van der Waals surface area contributed by atoms with Crippen LogP contribution in [0.3, 0.4) is 0 Å². The van der Waals surface area contributed by atoms with Crippen LogP contribution in [0.25, 0.3) is 0 Å². The van der Waals surface area contributed by atoms with Crippen LogP contribution in [0.15, 0.2) is 59.5 Å². The first-order valence-corrected chi connectivity index (χ1v) is 10.4. The molecule has 2 aromatic rings. The summed E-state index contributed by atoms with van der Waals surface area (Å²) < 4.78 is 0. The number of carbonyl (C=O) groups is 2. The van der Waals surface area contributed by atoms with Crippen LogP contribution in [0.4, 0.5) is 5.69 Å². The maximum atomic E-state index is 12.5. The van der Waals surface area contributed by atoms with Gasteiger partial charge in [0, 0.05) is 35.2 Å². The number of rotatable bonds is 7. The van der Waals surface area contributed by atoms with Gasteiger partial charge in [-0.1, -0.05) is 37.3 Å². The first-order chi connectivity index (χ1) is 13.0. The average molecular weight is 383 g/mol. The maximum Gasteiger partial charge on any atom is 0.227 e. The lowest BCUT2D eigenvalue weighted by atomic mass is 10.1. The number of thioether (sulfide) groups is 1. The average Bonchev–Trinajstić information content (AvgIpc) is 3.12. The van der Waals surface area contributed by atoms with Crippen LogP contribution in [-0.4, -0.2) is 24.1 Å². The van der Waals surface area contributed by atoms with E-state index in [2.05, 4.69) is 17.4 Å². The largest absolute Gasteiger partial charge is 0.349 e. The van der Waals surface area contributed by atoms with Gasteiger partial charge < -0.3 is 10.2 Å². The van der Waals surface area contributed by atoms with Crippen LogP contribution in [0.2, 0.25) is 0 Å². The Labute approximate surface area is 165 Å². The van der Waals surface area contributed by atoms with E-state index in [4.69, 9.17) is 0 Å². The second-order valence-corrected chi connectivity index (χ2v) is 8.09. The number of benzene rings is 2. The fourth-order valence-corrected chi connectivity index (χ4v) is 4.06. The summed E-state index contributed by atoms with van der Waals surface area (Å²) in [6.07, 6.45) is 1.55. The molecule has 5 heteroatoms. The Bertz CT molecular complexity index is 777. The highest BCUT2D eigenvalue weighted by atomic mass is 32.2. The number of carbonyl (C=O) groups excluding carboxylic acids is 2. The molecule has 0 bridgehead atoms. The Balaban J connectivity index is 1.52. The lowest BCUT2D eigenvalue weighted by molar-refractivity contribution is -0.124. The molecule has 2 unspecified atom stereocenters. The van der Waals surface area contributed by atoms with E-state index in [1.165, 1.54) is 4.90 Å². The summed E-state index contributed by atoms with van der Waals surface area (Å²) >= 11 is 1.70. The highest BCUT2D eigenvalue weighted by Crippen LogP contribution is 2.24. The van der Waals surface area contributed by atoms with Gasteiger partial charge in [-0.3, -0.25) is 9.59 Å². The summed E-state index contributed by atoms with van der Waals surface area (Å²) in [5.74, 6) is 0.927. The van der Waals surface area contributed by atoms with Crippen molar-refractivity contribution in [2.45, 2.75) is 37.6 Å². The molecule has 0 aromatic heterocycles. The highest BCUT2D eigenvalue weighted by molar-refractivity contribution is 7.99. The zero-order valence-electron chi connectivity index (χ0n) is 15.9. The number of anilines is 1. The summed E-state index contributed by atoms with van der Waals surface area (Å²) in [5, 5.41) is 3.10. The van der Waals surface area contributed by atoms with Gasteiger partial charge in [-0.2, -0.15) is 0 Å². The van der Waals surface area contributed by atoms with E-state index in [9.17, 15) is 9.59 Å². The minimum Gasteiger partial charge on any atom is -0.349 e. The quantitative estimate of drug-likeness (QED) is 0.721. The van der Waals surface area contributed by atoms with Crippen LogP contribution < -0.4 is 10.2 Å². The molecule has 142 valence electrons. The Hall–Kier alpha value is -2.27. The predicted octanol–water partition coefficient (Wildman–Crippen LogP) is 4.42. The third-order valence-corrected chi connectivity index (χ3v) is 6.10. The van der Waals surface area contributed by atoms with Gasteiger partial charge in [0.25, 0.3) is 0 Å². The Kier molecular flexibility index (Phi) is 6.56. The topological polar surface area (TPSA) is 49.4 Å². The van der Waals surface area contributed by atoms with E-state index in [0.29, 0.717) is 6.42 Å². The van der Waals surface area contributed by atoms with Gasteiger partial charge in [0.1, 0.15) is 0 Å². The third-order valence-electron chi connectivity index (χ3n) is 4.83. The lowest BCUT2D eigenvalue weighted by Crippen LogP contribution is -2.32. The van der Waals surface area contributed by atoms with E-state index in [1.807, 2.05) is 61.2 Å². The van der Waals surface area contributed by atoms with E-state index in [0.717, 1.165) is 30.0 Å². The van der Waals surface area contributed by atoms with E-state index < -0.39 is 0 Å². The zero-order chi connectivity index (χ0) is 19.2. The van der Waals surface area contributed by atoms with Crippen molar-refractivity contribution >= 4 is 29.3 Å². The van der Waals surface area contributed by atoms with Crippen LogP contribution in [0, 0.1) is 5.92 Å². The zero-order valence-corrected chi connectivity index (χ0v) is 16.7. The predicted molar refractivity (Wildman–Crippen MR) is 111 cm³/mol. The van der Waals surface area contributed by atoms with Crippen molar-refractivity contribution in [1.29, 1.82) is 0 Å². The Morgan fingerprint density at radius 3 is 2.44 bits per heavy atom. The fraction of sp³-hybridized carbons (Fsp3) is 0.364. The molecule has 0 saturated carbocycles. The standard InChI is InChI=1S/C22H26N2O2S/c1-16(15-27-20-7-4-3-5-8-20)22(26)23-17(2)18-10-12-19(13-11-18)24-14-6-9-21(24)25/h3-5,7-8,10-13,16-17H,6,9,14-15H2,1-2H3,(H,23,26). The van der Waals surface area contributed by atoms with Crippen molar-refractivity contribution in [2.24, 2.45) is 5.92 Å². The summed E-state index contributed by atoms with van der Waals surface area (Å²) in [4.78, 5) is 27.3. The van der Waals surface area contributed by atoms with Gasteiger partial charge >= 0.3 is 0 Å². The number of nitrogens with zero attached hydrogens (tertiary/aromatic N) is 1. The summed E-state index contributed by atoms with van der Waals surface area (Å²) in [6.45, 7) is 4.74. The normalized spacial score (nSPS) is 16.2. The van der Waals surface area contributed by atoms with Crippen LogP contribution >= 0.6 is 11.8 Å². The SMILES string of the molecule is CC(CSc1ccccc1)C(=O)NC(C)c1ccc(N2CCCC2=O)cc1. The van der Waals surface area contributed by atoms with Gasteiger partial charge in [-0.25, -0.2) is 0 Å². The van der Waals surface area contributed by atoms with E-state index >= 15 is 0 Å². The molecule has 2 amide bonds. The van der Waals surface area contributed by atoms with Crippen molar-refractivity contribution in [1.82, 2.24) is 5.32 Å². The maximum absolute atomic E-state index is 12.5. The summed E-state index contributed by atoms with van der Waals surface area (Å²) in [6, 6.07) is 18.0. The van der Waals surface area contributed by atoms with Crippen molar-refractivity contribution in [3.05, 3.63) is 60.2 Å². The van der Waals surface area contributed by atoms with Crippen molar-refractivity contribution in [3.8, 4) is 0 Å². The van der Waals surface area contributed by atoms with Crippen molar-refractivity contribution in [3.63, 3.8) is 0 Å². The van der Waals surface area contributed by atoms with Crippen LogP contribution in [0.5, 0.6) is 0 Å². The van der Waals surface area contributed by atoms with Crippen molar-refractivity contribution < 1.29 is 9.59 Å². The fourth-order valence-electron chi connectivity index (χ4n) is 3.12. The van der Waals surface area contributed by atoms with Gasteiger partial charge in [0.15, 0.2) is 0 Å². The van der Waals surface area contributed by atoms with Gasteiger partial charge in [-0.15, -0.1) is 11.8 Å². The molecule has 0 aliphatic carbocycles. The molecule has 4 nitrogen and oxygen atoms in total. The first-order valence-electron chi connectivity index (χ1n) is 9.43. The minimum atomic E-state index is -0.0702. The molecule has 0 radical (unpaired) electrons. The van der Waals surface area contributed by atoms with E-state index in [-0.39, 0.29) is 23.8 Å². The highest BCUT2D eigenvalue weighted by Gasteiger charge is 2.22. The molecule has 27 heavy (non-hydrogen) atoms. The van der Waals surface area contributed by atoms with Gasteiger partial charge in [0.05, 0.1) is 6.04 Å². The molecular weight excluding hydrogens is 356 g/mol.